The Balaban J connectivity index is 1.28. The summed E-state index contributed by atoms with van der Waals surface area (Å²) < 4.78 is 35.1. The first kappa shape index (κ1) is 26.4. The number of carbonyl (C=O) groups excluding carboxylic acids is 2. The Hall–Kier alpha value is -3.87. The van der Waals surface area contributed by atoms with Gasteiger partial charge in [-0.1, -0.05) is 12.1 Å². The first-order valence-corrected chi connectivity index (χ1v) is 13.6. The summed E-state index contributed by atoms with van der Waals surface area (Å²) >= 11 is 0. The number of anilines is 2. The summed E-state index contributed by atoms with van der Waals surface area (Å²) in [5.74, 6) is 0.765. The fourth-order valence-electron chi connectivity index (χ4n) is 5.71. The number of benzene rings is 1. The quantitative estimate of drug-likeness (QED) is 0.495. The smallest absolute Gasteiger partial charge is 0.296 e. The molecule has 0 saturated carbocycles. The van der Waals surface area contributed by atoms with Crippen LogP contribution in [0.25, 0.3) is 16.9 Å². The van der Waals surface area contributed by atoms with E-state index in [0.29, 0.717) is 87.4 Å². The third-order valence-corrected chi connectivity index (χ3v) is 7.83. The Morgan fingerprint density at radius 3 is 2.65 bits per heavy atom. The largest absolute Gasteiger partial charge is 0.378 e. The van der Waals surface area contributed by atoms with Crippen LogP contribution in [0.5, 0.6) is 0 Å². The number of nitrogens with one attached hydrogen (secondary N) is 1. The molecule has 0 bridgehead atoms. The van der Waals surface area contributed by atoms with Gasteiger partial charge < -0.3 is 24.8 Å². The predicted octanol–water partition coefficient (Wildman–Crippen LogP) is 2.47. The molecule has 3 aromatic rings. The number of nitrogens with zero attached hydrogens (tertiary/aromatic N) is 7. The van der Waals surface area contributed by atoms with Crippen LogP contribution in [0.3, 0.4) is 0 Å². The van der Waals surface area contributed by atoms with Crippen molar-refractivity contribution < 1.29 is 23.1 Å². The number of aromatic nitrogens is 4. The van der Waals surface area contributed by atoms with E-state index in [2.05, 4.69) is 10.3 Å². The predicted molar refractivity (Wildman–Crippen MR) is 144 cm³/mol. The van der Waals surface area contributed by atoms with Crippen molar-refractivity contribution in [2.24, 2.45) is 5.92 Å². The number of hydrogen-bond donors (Lipinski definition) is 1. The van der Waals surface area contributed by atoms with Crippen molar-refractivity contribution in [3.8, 4) is 5.82 Å². The summed E-state index contributed by atoms with van der Waals surface area (Å²) in [6.45, 7) is 3.74. The van der Waals surface area contributed by atoms with Crippen molar-refractivity contribution in [3.05, 3.63) is 36.2 Å². The molecule has 40 heavy (non-hydrogen) atoms. The minimum atomic E-state index is -2.80. The van der Waals surface area contributed by atoms with Gasteiger partial charge >= 0.3 is 0 Å². The Morgan fingerprint density at radius 1 is 1.07 bits per heavy atom. The number of fused-ring (bicyclic) bond motifs is 1. The molecule has 5 heterocycles. The van der Waals surface area contributed by atoms with Gasteiger partial charge in [0.15, 0.2) is 5.82 Å². The lowest BCUT2D eigenvalue weighted by Crippen LogP contribution is -2.45. The van der Waals surface area contributed by atoms with Crippen LogP contribution in [-0.2, 0) is 14.3 Å². The van der Waals surface area contributed by atoms with Crippen molar-refractivity contribution in [1.82, 2.24) is 29.3 Å². The van der Waals surface area contributed by atoms with Gasteiger partial charge in [-0.3, -0.25) is 14.2 Å². The lowest BCUT2D eigenvalue weighted by atomic mass is 9.96. The SMILES string of the molecule is CN1CC(C(=O)N2CC[C@H](Nc3cc(-n4c(C(F)F)nc5ccccc54)nc(N4CCOCC4)n3)C2)CCC1=O. The minimum Gasteiger partial charge on any atom is -0.378 e. The summed E-state index contributed by atoms with van der Waals surface area (Å²) in [7, 11) is 1.73. The lowest BCUT2D eigenvalue weighted by molar-refractivity contribution is -0.141. The molecule has 13 heteroatoms. The molecule has 6 rings (SSSR count). The molecule has 212 valence electrons. The van der Waals surface area contributed by atoms with Gasteiger partial charge in [0, 0.05) is 58.3 Å². The Morgan fingerprint density at radius 2 is 1.88 bits per heavy atom. The number of carbonyl (C=O) groups is 2. The molecule has 2 amide bonds. The van der Waals surface area contributed by atoms with Gasteiger partial charge in [-0.05, 0) is 25.0 Å². The van der Waals surface area contributed by atoms with Crippen molar-refractivity contribution in [3.63, 3.8) is 0 Å². The zero-order valence-electron chi connectivity index (χ0n) is 22.3. The van der Waals surface area contributed by atoms with E-state index in [1.807, 2.05) is 9.80 Å². The third-order valence-electron chi connectivity index (χ3n) is 7.83. The van der Waals surface area contributed by atoms with Gasteiger partial charge in [-0.2, -0.15) is 9.97 Å². The van der Waals surface area contributed by atoms with E-state index in [4.69, 9.17) is 14.7 Å². The van der Waals surface area contributed by atoms with Gasteiger partial charge in [-0.25, -0.2) is 13.8 Å². The normalized spacial score (nSPS) is 22.0. The molecule has 3 saturated heterocycles. The van der Waals surface area contributed by atoms with Crippen LogP contribution in [0.15, 0.2) is 30.3 Å². The number of ether oxygens (including phenoxy) is 1. The fraction of sp³-hybridized carbons (Fsp3) is 0.519. The van der Waals surface area contributed by atoms with E-state index < -0.39 is 6.43 Å². The lowest BCUT2D eigenvalue weighted by Gasteiger charge is -2.31. The Kier molecular flexibility index (Phi) is 7.22. The number of hydrogen-bond acceptors (Lipinski definition) is 8. The van der Waals surface area contributed by atoms with E-state index >= 15 is 0 Å². The zero-order valence-corrected chi connectivity index (χ0v) is 22.3. The van der Waals surface area contributed by atoms with Crippen LogP contribution < -0.4 is 10.2 Å². The maximum absolute atomic E-state index is 14.1. The molecular weight excluding hydrogens is 522 g/mol. The van der Waals surface area contributed by atoms with Gasteiger partial charge in [-0.15, -0.1) is 0 Å². The molecule has 2 aromatic heterocycles. The van der Waals surface area contributed by atoms with E-state index in [0.717, 1.165) is 6.42 Å². The minimum absolute atomic E-state index is 0.0625. The molecule has 3 aliphatic heterocycles. The molecule has 11 nitrogen and oxygen atoms in total. The maximum atomic E-state index is 14.1. The Labute approximate surface area is 230 Å². The van der Waals surface area contributed by atoms with Crippen LogP contribution in [0.2, 0.25) is 0 Å². The highest BCUT2D eigenvalue weighted by molar-refractivity contribution is 5.84. The summed E-state index contributed by atoms with van der Waals surface area (Å²) in [5.41, 5.74) is 0.989. The van der Waals surface area contributed by atoms with Crippen molar-refractivity contribution in [1.29, 1.82) is 0 Å². The molecule has 1 N–H and O–H groups in total. The van der Waals surface area contributed by atoms with Crippen LogP contribution in [0.1, 0.15) is 31.5 Å². The summed E-state index contributed by atoms with van der Waals surface area (Å²) in [6.07, 6.45) is -1.12. The molecular formula is C27H32F2N8O3. The highest BCUT2D eigenvalue weighted by Gasteiger charge is 2.35. The molecule has 3 fully saturated rings. The summed E-state index contributed by atoms with van der Waals surface area (Å²) in [5, 5.41) is 3.43. The standard InChI is InChI=1S/C27H32F2N8O3/c1-34-15-17(6-7-23(34)38)26(39)36-9-8-18(16-36)30-21-14-22(33-27(32-21)35-10-12-40-13-11-35)37-20-5-3-2-4-19(20)31-25(37)24(28)29/h2-5,14,17-18,24H,6-13,15-16H2,1H3,(H,30,32,33)/t17?,18-/m0/s1. The van der Waals surface area contributed by atoms with Crippen molar-refractivity contribution >= 4 is 34.6 Å². The van der Waals surface area contributed by atoms with E-state index in [1.165, 1.54) is 4.57 Å². The van der Waals surface area contributed by atoms with Gasteiger partial charge in [0.1, 0.15) is 11.6 Å². The van der Waals surface area contributed by atoms with Gasteiger partial charge in [0.05, 0.1) is 30.2 Å². The Bertz CT molecular complexity index is 1410. The maximum Gasteiger partial charge on any atom is 0.296 e. The first-order chi connectivity index (χ1) is 19.4. The highest BCUT2D eigenvalue weighted by atomic mass is 19.3. The average Bonchev–Trinajstić information content (AvgIpc) is 3.59. The van der Waals surface area contributed by atoms with Gasteiger partial charge in [0.2, 0.25) is 17.8 Å². The second-order valence-corrected chi connectivity index (χ2v) is 10.5. The molecule has 0 aliphatic carbocycles. The topological polar surface area (TPSA) is 109 Å². The van der Waals surface area contributed by atoms with Crippen LogP contribution in [0.4, 0.5) is 20.5 Å². The highest BCUT2D eigenvalue weighted by Crippen LogP contribution is 2.30. The number of amides is 2. The molecule has 3 aliphatic rings. The fourth-order valence-corrected chi connectivity index (χ4v) is 5.71. The molecule has 1 aromatic carbocycles. The van der Waals surface area contributed by atoms with E-state index in [1.54, 1.807) is 42.3 Å². The molecule has 1 unspecified atom stereocenters. The first-order valence-electron chi connectivity index (χ1n) is 13.6. The van der Waals surface area contributed by atoms with E-state index in [9.17, 15) is 18.4 Å². The second kappa shape index (κ2) is 11.0. The monoisotopic (exact) mass is 554 g/mol. The average molecular weight is 555 g/mol. The van der Waals surface area contributed by atoms with Gasteiger partial charge in [0.25, 0.3) is 6.43 Å². The number of likely N-dealkylation sites (tertiary alicyclic amines) is 2. The zero-order chi connectivity index (χ0) is 27.8. The third kappa shape index (κ3) is 5.17. The number of halogens is 2. The van der Waals surface area contributed by atoms with Crippen LogP contribution in [0, 0.1) is 5.92 Å². The van der Waals surface area contributed by atoms with Crippen molar-refractivity contribution in [2.45, 2.75) is 31.7 Å². The number of morpholine rings is 1. The summed E-state index contributed by atoms with van der Waals surface area (Å²) in [4.78, 5) is 44.1. The van der Waals surface area contributed by atoms with E-state index in [-0.39, 0.29) is 29.6 Å². The second-order valence-electron chi connectivity index (χ2n) is 10.5. The van der Waals surface area contributed by atoms with Crippen LogP contribution in [-0.4, -0.2) is 100 Å². The van der Waals surface area contributed by atoms with Crippen LogP contribution >= 0.6 is 0 Å². The number of rotatable bonds is 6. The van der Waals surface area contributed by atoms with Crippen molar-refractivity contribution in [2.75, 3.05) is 63.2 Å². The molecule has 2 atom stereocenters. The number of imidazole rings is 1. The molecule has 0 radical (unpaired) electrons. The molecule has 0 spiro atoms. The summed E-state index contributed by atoms with van der Waals surface area (Å²) in [6, 6.07) is 8.58. The number of para-hydroxylation sites is 2. The number of piperidine rings is 1. The number of alkyl halides is 2.